The number of carbonyl (C=O) groups is 1. The van der Waals surface area contributed by atoms with Gasteiger partial charge < -0.3 is 14.6 Å². The molecule has 0 spiro atoms. The Kier molecular flexibility index (Phi) is 4.64. The van der Waals surface area contributed by atoms with E-state index in [4.69, 9.17) is 0 Å². The predicted octanol–water partition coefficient (Wildman–Crippen LogP) is 2.58. The number of hydrogen-bond acceptors (Lipinski definition) is 4. The molecule has 27 heavy (non-hydrogen) atoms. The number of aromatic nitrogens is 3. The second kappa shape index (κ2) is 6.78. The highest BCUT2D eigenvalue weighted by Gasteiger charge is 2.30. The maximum absolute atomic E-state index is 12.5. The number of carbonyl (C=O) groups excluding carboxylic acids is 1. The number of amides is 1. The van der Waals surface area contributed by atoms with Crippen molar-refractivity contribution in [3.05, 3.63) is 52.6 Å². The van der Waals surface area contributed by atoms with Crippen LogP contribution in [0.25, 0.3) is 10.9 Å². The normalized spacial score (nSPS) is 11.6. The molecule has 0 aliphatic heterocycles. The fourth-order valence-electron chi connectivity index (χ4n) is 2.72. The number of fused-ring (bicyclic) bond motifs is 1. The van der Waals surface area contributed by atoms with Crippen LogP contribution in [0.2, 0.25) is 0 Å². The van der Waals surface area contributed by atoms with E-state index in [9.17, 15) is 22.8 Å². The zero-order chi connectivity index (χ0) is 19.8. The lowest BCUT2D eigenvalue weighted by Gasteiger charge is -2.10. The number of anilines is 1. The molecule has 0 atom stereocenters. The van der Waals surface area contributed by atoms with Crippen LogP contribution in [-0.2, 0) is 18.4 Å². The molecule has 1 amide bonds. The summed E-state index contributed by atoms with van der Waals surface area (Å²) in [4.78, 5) is 24.7. The summed E-state index contributed by atoms with van der Waals surface area (Å²) in [6.07, 6.45) is -3.28. The van der Waals surface area contributed by atoms with Crippen molar-refractivity contribution >= 4 is 22.5 Å². The van der Waals surface area contributed by atoms with Crippen LogP contribution in [0.15, 0.2) is 41.3 Å². The minimum absolute atomic E-state index is 0.250. The van der Waals surface area contributed by atoms with Crippen LogP contribution >= 0.6 is 0 Å². The lowest BCUT2D eigenvalue weighted by atomic mass is 10.2. The Hall–Kier alpha value is -3.30. The van der Waals surface area contributed by atoms with Gasteiger partial charge in [0.1, 0.15) is 17.8 Å². The number of hydrogen-bond donors (Lipinski definition) is 1. The summed E-state index contributed by atoms with van der Waals surface area (Å²) in [5.41, 5.74) is 1.01. The maximum Gasteiger partial charge on any atom is 0.573 e. The molecule has 0 saturated carbocycles. The number of benzene rings is 1. The molecule has 1 aromatic carbocycles. The van der Waals surface area contributed by atoms with E-state index in [1.54, 1.807) is 20.0 Å². The van der Waals surface area contributed by atoms with Gasteiger partial charge >= 0.3 is 6.36 Å². The van der Waals surface area contributed by atoms with Crippen LogP contribution in [0.1, 0.15) is 5.69 Å². The van der Waals surface area contributed by atoms with Gasteiger partial charge in [0.25, 0.3) is 5.56 Å². The number of nitrogens with zero attached hydrogens (tertiary/aromatic N) is 3. The third kappa shape index (κ3) is 4.10. The summed E-state index contributed by atoms with van der Waals surface area (Å²) in [6.45, 7) is 1.53. The molecular formula is C17H15F3N4O3. The Bertz CT molecular complexity index is 1050. The number of nitrogens with one attached hydrogen (secondary N) is 1. The summed E-state index contributed by atoms with van der Waals surface area (Å²) >= 11 is 0. The molecule has 0 bridgehead atoms. The Morgan fingerprint density at radius 1 is 1.22 bits per heavy atom. The van der Waals surface area contributed by atoms with Gasteiger partial charge in [-0.2, -0.15) is 5.10 Å². The average molecular weight is 380 g/mol. The van der Waals surface area contributed by atoms with E-state index in [0.29, 0.717) is 16.6 Å². The Morgan fingerprint density at radius 3 is 2.52 bits per heavy atom. The van der Waals surface area contributed by atoms with Crippen molar-refractivity contribution in [3.63, 3.8) is 0 Å². The minimum Gasteiger partial charge on any atom is -0.406 e. The van der Waals surface area contributed by atoms with Gasteiger partial charge in [-0.3, -0.25) is 14.3 Å². The summed E-state index contributed by atoms with van der Waals surface area (Å²) in [6, 6.07) is 6.42. The van der Waals surface area contributed by atoms with Crippen molar-refractivity contribution in [2.75, 3.05) is 5.32 Å². The molecule has 3 rings (SSSR count). The standard InChI is InChI=1S/C17H15F3N4O3/c1-10-13-7-8-24(16(26)15(13)23(2)22-10)9-14(25)21-11-3-5-12(6-4-11)27-17(18,19)20/h3-8H,9H2,1-2H3,(H,21,25). The third-order valence-corrected chi connectivity index (χ3v) is 3.84. The first-order valence-electron chi connectivity index (χ1n) is 7.82. The molecule has 0 unspecified atom stereocenters. The van der Waals surface area contributed by atoms with Crippen molar-refractivity contribution < 1.29 is 22.7 Å². The second-order valence-electron chi connectivity index (χ2n) is 5.84. The van der Waals surface area contributed by atoms with Gasteiger partial charge in [0.05, 0.1) is 5.69 Å². The quantitative estimate of drug-likeness (QED) is 0.755. The molecule has 142 valence electrons. The monoisotopic (exact) mass is 380 g/mol. The van der Waals surface area contributed by atoms with Gasteiger partial charge in [0.2, 0.25) is 5.91 Å². The predicted molar refractivity (Wildman–Crippen MR) is 91.5 cm³/mol. The summed E-state index contributed by atoms with van der Waals surface area (Å²) in [7, 11) is 1.64. The highest BCUT2D eigenvalue weighted by molar-refractivity contribution is 5.91. The maximum atomic E-state index is 12.5. The van der Waals surface area contributed by atoms with Crippen LogP contribution < -0.4 is 15.6 Å². The lowest BCUT2D eigenvalue weighted by Crippen LogP contribution is -2.28. The van der Waals surface area contributed by atoms with Crippen molar-refractivity contribution in [2.24, 2.45) is 7.05 Å². The molecule has 3 aromatic rings. The fraction of sp³-hybridized carbons (Fsp3) is 0.235. The molecule has 0 saturated heterocycles. The summed E-state index contributed by atoms with van der Waals surface area (Å²) in [5.74, 6) is -0.895. The van der Waals surface area contributed by atoms with Gasteiger partial charge in [-0.15, -0.1) is 13.2 Å². The smallest absolute Gasteiger partial charge is 0.406 e. The van der Waals surface area contributed by atoms with Crippen LogP contribution in [0, 0.1) is 6.92 Å². The molecule has 0 radical (unpaired) electrons. The summed E-state index contributed by atoms with van der Waals surface area (Å²) < 4.78 is 42.9. The topological polar surface area (TPSA) is 78.2 Å². The molecule has 0 fully saturated rings. The van der Waals surface area contributed by atoms with Gasteiger partial charge in [0, 0.05) is 24.3 Å². The Morgan fingerprint density at radius 2 is 1.89 bits per heavy atom. The zero-order valence-corrected chi connectivity index (χ0v) is 14.4. The van der Waals surface area contributed by atoms with Crippen molar-refractivity contribution in [2.45, 2.75) is 19.8 Å². The first kappa shape index (κ1) is 18.5. The van der Waals surface area contributed by atoms with E-state index < -0.39 is 18.0 Å². The van der Waals surface area contributed by atoms with E-state index in [1.165, 1.54) is 27.6 Å². The van der Waals surface area contributed by atoms with Crippen LogP contribution in [0.5, 0.6) is 5.75 Å². The molecule has 10 heteroatoms. The van der Waals surface area contributed by atoms with E-state index in [2.05, 4.69) is 15.2 Å². The van der Waals surface area contributed by atoms with E-state index in [0.717, 1.165) is 12.1 Å². The minimum atomic E-state index is -4.78. The van der Waals surface area contributed by atoms with Gasteiger partial charge in [0.15, 0.2) is 0 Å². The summed E-state index contributed by atoms with van der Waals surface area (Å²) in [5, 5.41) is 7.41. The fourth-order valence-corrected chi connectivity index (χ4v) is 2.72. The average Bonchev–Trinajstić information content (AvgIpc) is 2.85. The number of rotatable bonds is 4. The van der Waals surface area contributed by atoms with E-state index >= 15 is 0 Å². The number of aryl methyl sites for hydroxylation is 2. The largest absolute Gasteiger partial charge is 0.573 e. The van der Waals surface area contributed by atoms with Crippen LogP contribution in [0.4, 0.5) is 18.9 Å². The first-order valence-corrected chi connectivity index (χ1v) is 7.82. The molecule has 0 aliphatic carbocycles. The van der Waals surface area contributed by atoms with Crippen molar-refractivity contribution in [1.82, 2.24) is 14.3 Å². The van der Waals surface area contributed by atoms with Crippen molar-refractivity contribution in [1.29, 1.82) is 0 Å². The molecule has 2 aromatic heterocycles. The van der Waals surface area contributed by atoms with E-state index in [1.807, 2.05) is 0 Å². The number of ether oxygens (including phenoxy) is 1. The molecule has 1 N–H and O–H groups in total. The molecule has 7 nitrogen and oxygen atoms in total. The van der Waals surface area contributed by atoms with Gasteiger partial charge in [-0.25, -0.2) is 0 Å². The highest BCUT2D eigenvalue weighted by Crippen LogP contribution is 2.24. The number of alkyl halides is 3. The molecule has 0 aliphatic rings. The van der Waals surface area contributed by atoms with Crippen LogP contribution in [-0.4, -0.2) is 26.6 Å². The second-order valence-corrected chi connectivity index (χ2v) is 5.84. The molecule has 2 heterocycles. The SMILES string of the molecule is Cc1nn(C)c2c(=O)n(CC(=O)Nc3ccc(OC(F)(F)F)cc3)ccc12. The first-order chi connectivity index (χ1) is 12.6. The van der Waals surface area contributed by atoms with Gasteiger partial charge in [-0.1, -0.05) is 0 Å². The molecular weight excluding hydrogens is 365 g/mol. The zero-order valence-electron chi connectivity index (χ0n) is 14.4. The number of pyridine rings is 1. The Labute approximate surface area is 151 Å². The van der Waals surface area contributed by atoms with E-state index in [-0.39, 0.29) is 17.8 Å². The third-order valence-electron chi connectivity index (χ3n) is 3.84. The number of halogens is 3. The highest BCUT2D eigenvalue weighted by atomic mass is 19.4. The lowest BCUT2D eigenvalue weighted by molar-refractivity contribution is -0.274. The van der Waals surface area contributed by atoms with Crippen LogP contribution in [0.3, 0.4) is 0 Å². The van der Waals surface area contributed by atoms with Gasteiger partial charge in [-0.05, 0) is 37.3 Å². The Balaban J connectivity index is 1.73. The van der Waals surface area contributed by atoms with Crippen molar-refractivity contribution in [3.8, 4) is 5.75 Å².